The Morgan fingerprint density at radius 1 is 0.949 bits per heavy atom. The van der Waals surface area contributed by atoms with Crippen molar-refractivity contribution in [3.8, 4) is 0 Å². The van der Waals surface area contributed by atoms with Crippen molar-refractivity contribution in [2.24, 2.45) is 0 Å². The van der Waals surface area contributed by atoms with Crippen LogP contribution >= 0.6 is 7.26 Å². The first kappa shape index (κ1) is 26.8. The lowest BCUT2D eigenvalue weighted by molar-refractivity contribution is -0.149. The number of aliphatic hydroxyl groups is 1. The number of carbonyl (C=O) groups excluding carboxylic acids is 1. The van der Waals surface area contributed by atoms with Gasteiger partial charge in [0.25, 0.3) is 0 Å². The quantitative estimate of drug-likeness (QED) is 0.246. The number of esters is 1. The Balaban J connectivity index is 1.32. The Morgan fingerprint density at radius 3 is 2.00 bits per heavy atom. The molecule has 5 rings (SSSR count). The van der Waals surface area contributed by atoms with Gasteiger partial charge in [-0.2, -0.15) is 4.98 Å². The number of nitrogens with zero attached hydrogens (tertiary/aromatic N) is 2. The van der Waals surface area contributed by atoms with E-state index in [4.69, 9.17) is 15.2 Å². The van der Waals surface area contributed by atoms with Gasteiger partial charge >= 0.3 is 11.7 Å². The lowest BCUT2D eigenvalue weighted by atomic mass is 10.2. The van der Waals surface area contributed by atoms with Gasteiger partial charge in [0.05, 0.1) is 18.7 Å². The maximum atomic E-state index is 13.1. The van der Waals surface area contributed by atoms with Gasteiger partial charge in [-0.3, -0.25) is 9.36 Å². The van der Waals surface area contributed by atoms with Gasteiger partial charge in [0.1, 0.15) is 47.9 Å². The average molecular weight is 545 g/mol. The van der Waals surface area contributed by atoms with Crippen LogP contribution in [0.1, 0.15) is 19.1 Å². The van der Waals surface area contributed by atoms with Crippen molar-refractivity contribution in [1.82, 2.24) is 9.55 Å². The second kappa shape index (κ2) is 11.9. The minimum Gasteiger partial charge on any atom is -0.463 e. The van der Waals surface area contributed by atoms with Gasteiger partial charge in [-0.15, -0.1) is 0 Å². The molecule has 0 bridgehead atoms. The van der Waals surface area contributed by atoms with E-state index in [1.165, 1.54) is 32.7 Å². The second-order valence-electron chi connectivity index (χ2n) is 9.45. The zero-order valence-electron chi connectivity index (χ0n) is 21.4. The number of aliphatic hydroxyl groups excluding tert-OH is 1. The molecule has 0 amide bonds. The fraction of sp³-hybridized carbons (Fsp3) is 0.233. The first-order valence-corrected chi connectivity index (χ1v) is 14.8. The highest BCUT2D eigenvalue weighted by Crippen LogP contribution is 2.55. The summed E-state index contributed by atoms with van der Waals surface area (Å²) in [4.78, 5) is 28.9. The van der Waals surface area contributed by atoms with Gasteiger partial charge in [-0.1, -0.05) is 54.6 Å². The molecule has 0 radical (unpaired) electrons. The summed E-state index contributed by atoms with van der Waals surface area (Å²) in [6, 6.07) is 32.5. The molecule has 200 valence electrons. The molecule has 0 saturated carbocycles. The number of nitrogen functional groups attached to an aromatic ring is 1. The zero-order valence-corrected chi connectivity index (χ0v) is 22.3. The van der Waals surface area contributed by atoms with Crippen molar-refractivity contribution in [3.63, 3.8) is 0 Å². The number of nitrogens with two attached hydrogens (primary N) is 1. The monoisotopic (exact) mass is 544 g/mol. The molecule has 39 heavy (non-hydrogen) atoms. The molecule has 3 aromatic carbocycles. The maximum absolute atomic E-state index is 13.1. The van der Waals surface area contributed by atoms with E-state index in [1.807, 2.05) is 54.6 Å². The molecule has 0 unspecified atom stereocenters. The van der Waals surface area contributed by atoms with Crippen molar-refractivity contribution >= 4 is 35.0 Å². The number of aromatic nitrogens is 2. The molecule has 8 nitrogen and oxygen atoms in total. The predicted octanol–water partition coefficient (Wildman–Crippen LogP) is 2.40. The van der Waals surface area contributed by atoms with Crippen LogP contribution in [0.3, 0.4) is 0 Å². The van der Waals surface area contributed by atoms with Crippen LogP contribution in [0, 0.1) is 0 Å². The number of ether oxygens (including phenoxy) is 2. The summed E-state index contributed by atoms with van der Waals surface area (Å²) in [5.41, 5.74) is 5.00. The van der Waals surface area contributed by atoms with Crippen LogP contribution in [-0.2, 0) is 14.3 Å². The molecule has 4 aromatic rings. The van der Waals surface area contributed by atoms with Gasteiger partial charge in [0.15, 0.2) is 0 Å². The Bertz CT molecular complexity index is 1350. The molecule has 9 heteroatoms. The van der Waals surface area contributed by atoms with Gasteiger partial charge in [0, 0.05) is 12.6 Å². The third-order valence-electron chi connectivity index (χ3n) is 7.02. The average Bonchev–Trinajstić information content (AvgIpc) is 3.34. The minimum absolute atomic E-state index is 0.110. The molecule has 0 spiro atoms. The molecule has 2 heterocycles. The first-order valence-electron chi connectivity index (χ1n) is 12.9. The van der Waals surface area contributed by atoms with E-state index in [1.54, 1.807) is 0 Å². The van der Waals surface area contributed by atoms with E-state index in [0.29, 0.717) is 6.16 Å². The van der Waals surface area contributed by atoms with Gasteiger partial charge in [-0.05, 0) is 42.5 Å². The van der Waals surface area contributed by atoms with Crippen LogP contribution in [0.25, 0.3) is 0 Å². The highest BCUT2D eigenvalue weighted by molar-refractivity contribution is 7.95. The second-order valence-corrected chi connectivity index (χ2v) is 13.1. The minimum atomic E-state index is -2.16. The van der Waals surface area contributed by atoms with Crippen LogP contribution in [0.2, 0.25) is 0 Å². The number of carbonyl (C=O) groups is 1. The number of hydrogen-bond donors (Lipinski definition) is 2. The summed E-state index contributed by atoms with van der Waals surface area (Å²) >= 11 is 0. The highest BCUT2D eigenvalue weighted by Gasteiger charge is 2.45. The van der Waals surface area contributed by atoms with E-state index < -0.39 is 31.4 Å². The molecule has 0 aliphatic carbocycles. The molecule has 1 fully saturated rings. The van der Waals surface area contributed by atoms with E-state index in [0.717, 1.165) is 0 Å². The molecule has 1 saturated heterocycles. The van der Waals surface area contributed by atoms with Gasteiger partial charge < -0.3 is 20.3 Å². The van der Waals surface area contributed by atoms with E-state index in [9.17, 15) is 14.7 Å². The third-order valence-corrected chi connectivity index (χ3v) is 11.5. The number of anilines is 1. The first-order chi connectivity index (χ1) is 19.0. The van der Waals surface area contributed by atoms with Crippen LogP contribution in [0.5, 0.6) is 0 Å². The Morgan fingerprint density at radius 2 is 1.49 bits per heavy atom. The molecule has 3 N–H and O–H groups in total. The van der Waals surface area contributed by atoms with E-state index in [2.05, 4.69) is 41.4 Å². The molecule has 1 aromatic heterocycles. The lowest BCUT2D eigenvalue weighted by Gasteiger charge is -2.27. The number of benzene rings is 3. The summed E-state index contributed by atoms with van der Waals surface area (Å²) in [7, 11) is -2.16. The smallest absolute Gasteiger partial charge is 0.351 e. The zero-order chi connectivity index (χ0) is 27.2. The molecular weight excluding hydrogens is 513 g/mol. The maximum Gasteiger partial charge on any atom is 0.351 e. The van der Waals surface area contributed by atoms with Crippen molar-refractivity contribution in [1.29, 1.82) is 0 Å². The fourth-order valence-electron chi connectivity index (χ4n) is 5.07. The molecule has 3 atom stereocenters. The standard InChI is InChI=1S/C30H30N3O5P/c31-27-16-18-33(30(36)32-27)28-20-25(34)26(38-28)21-37-29(35)17-19-39(22-10-4-1-5-11-22,23-12-6-2-7-13-23)24-14-8-3-9-15-24/h1-16,18,25-26,28,34H,17,19-21H2,(H-,31,32,36)/p+1/t25-,26+,28+/m0/s1. The highest BCUT2D eigenvalue weighted by atomic mass is 31.2. The van der Waals surface area contributed by atoms with Crippen LogP contribution < -0.4 is 27.3 Å². The summed E-state index contributed by atoms with van der Waals surface area (Å²) in [5.74, 6) is -0.256. The Hall–Kier alpha value is -3.84. The molecular formula is C30H31N3O5P+. The number of rotatable bonds is 9. The normalized spacial score (nSPS) is 19.1. The van der Waals surface area contributed by atoms with Crippen molar-refractivity contribution in [2.45, 2.75) is 31.3 Å². The topological polar surface area (TPSA) is 117 Å². The largest absolute Gasteiger partial charge is 0.463 e. The van der Waals surface area contributed by atoms with Crippen molar-refractivity contribution in [2.75, 3.05) is 18.5 Å². The third kappa shape index (κ3) is 5.78. The van der Waals surface area contributed by atoms with Crippen LogP contribution in [-0.4, -0.2) is 45.6 Å². The van der Waals surface area contributed by atoms with Crippen LogP contribution in [0.4, 0.5) is 5.82 Å². The lowest BCUT2D eigenvalue weighted by Crippen LogP contribution is -2.34. The number of hydrogen-bond acceptors (Lipinski definition) is 7. The SMILES string of the molecule is Nc1ccn([C@H]2C[C@H](O)[C@@H](COC(=O)CC[P+](c3ccccc3)(c3ccccc3)c3ccccc3)O2)c(=O)n1. The molecule has 1 aliphatic rings. The van der Waals surface area contributed by atoms with E-state index in [-0.39, 0.29) is 31.2 Å². The van der Waals surface area contributed by atoms with Crippen LogP contribution in [0.15, 0.2) is 108 Å². The van der Waals surface area contributed by atoms with E-state index >= 15 is 0 Å². The Labute approximate surface area is 227 Å². The van der Waals surface area contributed by atoms with Crippen molar-refractivity contribution < 1.29 is 19.4 Å². The fourth-order valence-corrected chi connectivity index (χ4v) is 9.30. The van der Waals surface area contributed by atoms with Gasteiger partial charge in [-0.25, -0.2) is 4.79 Å². The summed E-state index contributed by atoms with van der Waals surface area (Å²) in [5, 5.41) is 14.1. The van der Waals surface area contributed by atoms with Gasteiger partial charge in [0.2, 0.25) is 0 Å². The predicted molar refractivity (Wildman–Crippen MR) is 153 cm³/mol. The van der Waals surface area contributed by atoms with Crippen molar-refractivity contribution in [3.05, 3.63) is 114 Å². The summed E-state index contributed by atoms with van der Waals surface area (Å²) in [6.45, 7) is -0.110. The summed E-state index contributed by atoms with van der Waals surface area (Å²) in [6.07, 6.45) is 0.0939. The summed E-state index contributed by atoms with van der Waals surface area (Å²) < 4.78 is 12.7. The molecule has 1 aliphatic heterocycles. The Kier molecular flexibility index (Phi) is 8.17.